The Morgan fingerprint density at radius 1 is 1.20 bits per heavy atom. The van der Waals surface area contributed by atoms with Crippen molar-refractivity contribution in [1.82, 2.24) is 14.8 Å². The molecule has 0 bridgehead atoms. The number of fused-ring (bicyclic) bond motifs is 2. The van der Waals surface area contributed by atoms with Gasteiger partial charge in [-0.15, -0.1) is 0 Å². The third-order valence-corrected chi connectivity index (χ3v) is 2.61. The summed E-state index contributed by atoms with van der Waals surface area (Å²) in [6, 6.07) is 7.85. The fraction of sp³-hybridized carbons (Fsp3) is 0.0909. The van der Waals surface area contributed by atoms with Gasteiger partial charge < -0.3 is 5.73 Å². The molecule has 0 aliphatic heterocycles. The van der Waals surface area contributed by atoms with E-state index in [0.717, 1.165) is 27.6 Å². The number of hydrogen-bond acceptors (Lipinski definition) is 3. The summed E-state index contributed by atoms with van der Waals surface area (Å²) >= 11 is 0. The summed E-state index contributed by atoms with van der Waals surface area (Å²) in [7, 11) is 1.87. The Kier molecular flexibility index (Phi) is 1.48. The van der Waals surface area contributed by atoms with Gasteiger partial charge in [-0.1, -0.05) is 18.2 Å². The Hall–Kier alpha value is -2.10. The molecule has 15 heavy (non-hydrogen) atoms. The Morgan fingerprint density at radius 3 is 2.87 bits per heavy atom. The second-order valence-electron chi connectivity index (χ2n) is 3.54. The molecule has 3 aromatic rings. The number of para-hydroxylation sites is 1. The third kappa shape index (κ3) is 1.01. The van der Waals surface area contributed by atoms with Gasteiger partial charge in [-0.05, 0) is 6.07 Å². The zero-order valence-electron chi connectivity index (χ0n) is 8.31. The highest BCUT2D eigenvalue weighted by Gasteiger charge is 2.08. The zero-order valence-corrected chi connectivity index (χ0v) is 8.31. The van der Waals surface area contributed by atoms with Gasteiger partial charge >= 0.3 is 0 Å². The van der Waals surface area contributed by atoms with Crippen LogP contribution in [0, 0.1) is 0 Å². The van der Waals surface area contributed by atoms with E-state index in [-0.39, 0.29) is 0 Å². The monoisotopic (exact) mass is 198 g/mol. The van der Waals surface area contributed by atoms with Crippen molar-refractivity contribution in [3.05, 3.63) is 30.5 Å². The Bertz CT molecular complexity index is 654. The number of nitrogens with two attached hydrogens (primary N) is 1. The lowest BCUT2D eigenvalue weighted by Crippen LogP contribution is -1.96. The molecule has 2 N–H and O–H groups in total. The first-order valence-electron chi connectivity index (χ1n) is 4.73. The van der Waals surface area contributed by atoms with Crippen LogP contribution in [0.5, 0.6) is 0 Å². The van der Waals surface area contributed by atoms with Crippen LogP contribution in [-0.2, 0) is 7.05 Å². The minimum atomic E-state index is 0.746. The van der Waals surface area contributed by atoms with Crippen LogP contribution in [0.4, 0.5) is 5.69 Å². The van der Waals surface area contributed by atoms with Crippen LogP contribution in [-0.4, -0.2) is 14.8 Å². The van der Waals surface area contributed by atoms with Crippen LogP contribution in [0.2, 0.25) is 0 Å². The van der Waals surface area contributed by atoms with Crippen LogP contribution < -0.4 is 5.73 Å². The summed E-state index contributed by atoms with van der Waals surface area (Å²) in [5.41, 5.74) is 9.50. The Labute approximate surface area is 86.3 Å². The number of rotatable bonds is 0. The van der Waals surface area contributed by atoms with Gasteiger partial charge in [0, 0.05) is 12.4 Å². The van der Waals surface area contributed by atoms with Crippen LogP contribution in [0.1, 0.15) is 0 Å². The molecule has 0 aliphatic rings. The van der Waals surface area contributed by atoms with E-state index in [2.05, 4.69) is 10.1 Å². The zero-order chi connectivity index (χ0) is 10.4. The lowest BCUT2D eigenvalue weighted by Gasteiger charge is -2.03. The van der Waals surface area contributed by atoms with Crippen molar-refractivity contribution in [3.8, 4) is 0 Å². The highest BCUT2D eigenvalue weighted by Crippen LogP contribution is 2.26. The highest BCUT2D eigenvalue weighted by molar-refractivity contribution is 6.04. The third-order valence-electron chi connectivity index (χ3n) is 2.61. The van der Waals surface area contributed by atoms with Crippen LogP contribution in [0.3, 0.4) is 0 Å². The van der Waals surface area contributed by atoms with Gasteiger partial charge in [0.05, 0.1) is 17.4 Å². The molecule has 0 atom stereocenters. The molecular weight excluding hydrogens is 188 g/mol. The predicted molar refractivity (Wildman–Crippen MR) is 60.4 cm³/mol. The predicted octanol–water partition coefficient (Wildman–Crippen LogP) is 1.70. The van der Waals surface area contributed by atoms with Crippen LogP contribution >= 0.6 is 0 Å². The standard InChI is InChI=1S/C11H10N4/c1-15-11-9(6-13-15)14-8-5-3-2-4-7(8)10(11)12/h2-6H,1H3,(H2,12,14). The van der Waals surface area contributed by atoms with Gasteiger partial charge in [-0.3, -0.25) is 4.68 Å². The maximum absolute atomic E-state index is 6.10. The van der Waals surface area contributed by atoms with E-state index in [1.54, 1.807) is 10.9 Å². The summed E-state index contributed by atoms with van der Waals surface area (Å²) < 4.78 is 1.75. The molecule has 4 nitrogen and oxygen atoms in total. The SMILES string of the molecule is Cn1ncc2nc3ccccc3c(N)c21. The smallest absolute Gasteiger partial charge is 0.111 e. The molecule has 0 saturated carbocycles. The van der Waals surface area contributed by atoms with Gasteiger partial charge in [0.1, 0.15) is 11.0 Å². The first-order chi connectivity index (χ1) is 7.27. The van der Waals surface area contributed by atoms with E-state index >= 15 is 0 Å². The highest BCUT2D eigenvalue weighted by atomic mass is 15.3. The molecule has 3 rings (SSSR count). The molecule has 0 spiro atoms. The molecule has 0 aliphatic carbocycles. The molecule has 1 aromatic carbocycles. The molecule has 4 heteroatoms. The van der Waals surface area contributed by atoms with Gasteiger partial charge in [0.2, 0.25) is 0 Å². The molecule has 0 fully saturated rings. The number of anilines is 1. The molecule has 0 saturated heterocycles. The van der Waals surface area contributed by atoms with Crippen molar-refractivity contribution in [2.24, 2.45) is 7.05 Å². The fourth-order valence-corrected chi connectivity index (χ4v) is 1.88. The lowest BCUT2D eigenvalue weighted by molar-refractivity contribution is 0.798. The van der Waals surface area contributed by atoms with Gasteiger partial charge in [0.15, 0.2) is 0 Å². The first-order valence-corrected chi connectivity index (χ1v) is 4.73. The van der Waals surface area contributed by atoms with E-state index in [1.807, 2.05) is 31.3 Å². The number of nitrogen functional groups attached to an aromatic ring is 1. The van der Waals surface area contributed by atoms with E-state index in [1.165, 1.54) is 0 Å². The summed E-state index contributed by atoms with van der Waals surface area (Å²) in [6.45, 7) is 0. The van der Waals surface area contributed by atoms with Crippen molar-refractivity contribution in [2.75, 3.05) is 5.73 Å². The second kappa shape index (κ2) is 2.70. The summed E-state index contributed by atoms with van der Waals surface area (Å²) in [4.78, 5) is 4.50. The molecular formula is C11H10N4. The van der Waals surface area contributed by atoms with Crippen molar-refractivity contribution in [1.29, 1.82) is 0 Å². The molecule has 0 amide bonds. The number of aryl methyl sites for hydroxylation is 1. The molecule has 0 unspecified atom stereocenters. The normalized spacial score (nSPS) is 11.3. The van der Waals surface area contributed by atoms with E-state index in [4.69, 9.17) is 5.73 Å². The Morgan fingerprint density at radius 2 is 2.00 bits per heavy atom. The summed E-state index contributed by atoms with van der Waals surface area (Å²) in [5.74, 6) is 0. The Balaban J connectivity index is 2.62. The van der Waals surface area contributed by atoms with Crippen molar-refractivity contribution in [3.63, 3.8) is 0 Å². The van der Waals surface area contributed by atoms with Gasteiger partial charge in [0.25, 0.3) is 0 Å². The average Bonchev–Trinajstić information content (AvgIpc) is 2.61. The van der Waals surface area contributed by atoms with E-state index < -0.39 is 0 Å². The molecule has 2 aromatic heterocycles. The van der Waals surface area contributed by atoms with Gasteiger partial charge in [-0.2, -0.15) is 5.10 Å². The maximum atomic E-state index is 6.10. The van der Waals surface area contributed by atoms with Crippen LogP contribution in [0.25, 0.3) is 21.9 Å². The quantitative estimate of drug-likeness (QED) is 0.598. The second-order valence-corrected chi connectivity index (χ2v) is 3.54. The van der Waals surface area contributed by atoms with Gasteiger partial charge in [-0.25, -0.2) is 4.98 Å². The summed E-state index contributed by atoms with van der Waals surface area (Å²) in [6.07, 6.45) is 1.73. The number of aromatic nitrogens is 3. The van der Waals surface area contributed by atoms with Crippen molar-refractivity contribution in [2.45, 2.75) is 0 Å². The fourth-order valence-electron chi connectivity index (χ4n) is 1.88. The van der Waals surface area contributed by atoms with Crippen molar-refractivity contribution >= 4 is 27.6 Å². The van der Waals surface area contributed by atoms with E-state index in [0.29, 0.717) is 0 Å². The lowest BCUT2D eigenvalue weighted by atomic mass is 10.1. The number of pyridine rings is 1. The largest absolute Gasteiger partial charge is 0.396 e. The number of hydrogen-bond donors (Lipinski definition) is 1. The molecule has 74 valence electrons. The van der Waals surface area contributed by atoms with Crippen LogP contribution in [0.15, 0.2) is 30.5 Å². The topological polar surface area (TPSA) is 56.7 Å². The summed E-state index contributed by atoms with van der Waals surface area (Å²) in [5, 5.41) is 5.13. The molecule has 0 radical (unpaired) electrons. The number of nitrogens with zero attached hydrogens (tertiary/aromatic N) is 3. The minimum absolute atomic E-state index is 0.746. The molecule has 2 heterocycles. The maximum Gasteiger partial charge on any atom is 0.111 e. The van der Waals surface area contributed by atoms with E-state index in [9.17, 15) is 0 Å². The average molecular weight is 198 g/mol. The van der Waals surface area contributed by atoms with Crippen molar-refractivity contribution < 1.29 is 0 Å². The number of benzene rings is 1. The minimum Gasteiger partial charge on any atom is -0.396 e. The first kappa shape index (κ1) is 8.23.